The Bertz CT molecular complexity index is 638. The number of anilines is 1. The van der Waals surface area contributed by atoms with Gasteiger partial charge in [-0.05, 0) is 31.4 Å². The molecular formula is C16H19N3OS. The van der Waals surface area contributed by atoms with Crippen LogP contribution < -0.4 is 10.2 Å². The second-order valence-corrected chi connectivity index (χ2v) is 6.55. The molecule has 0 atom stereocenters. The number of thiazole rings is 1. The van der Waals surface area contributed by atoms with Gasteiger partial charge in [-0.2, -0.15) is 0 Å². The van der Waals surface area contributed by atoms with Crippen LogP contribution in [0.15, 0.2) is 30.5 Å². The summed E-state index contributed by atoms with van der Waals surface area (Å²) >= 11 is 1.67. The Morgan fingerprint density at radius 2 is 2.29 bits per heavy atom. The zero-order valence-electron chi connectivity index (χ0n) is 12.1. The zero-order valence-corrected chi connectivity index (χ0v) is 12.9. The molecule has 4 nitrogen and oxygen atoms in total. The predicted molar refractivity (Wildman–Crippen MR) is 85.7 cm³/mol. The normalized spacial score (nSPS) is 14.0. The molecule has 1 N–H and O–H groups in total. The summed E-state index contributed by atoms with van der Waals surface area (Å²) < 4.78 is 0. The van der Waals surface area contributed by atoms with Gasteiger partial charge in [-0.3, -0.25) is 4.79 Å². The van der Waals surface area contributed by atoms with Gasteiger partial charge in [-0.1, -0.05) is 18.2 Å². The van der Waals surface area contributed by atoms with Gasteiger partial charge in [-0.15, -0.1) is 11.3 Å². The molecule has 0 fully saturated rings. The molecule has 0 saturated heterocycles. The molecule has 2 heterocycles. The van der Waals surface area contributed by atoms with Crippen LogP contribution in [0.25, 0.3) is 0 Å². The van der Waals surface area contributed by atoms with Crippen LogP contribution in [0.2, 0.25) is 0 Å². The lowest BCUT2D eigenvalue weighted by atomic mass is 10.0. The van der Waals surface area contributed by atoms with Crippen molar-refractivity contribution in [2.24, 2.45) is 0 Å². The van der Waals surface area contributed by atoms with E-state index in [2.05, 4.69) is 16.4 Å². The van der Waals surface area contributed by atoms with Crippen LogP contribution in [0.3, 0.4) is 0 Å². The molecule has 0 aliphatic carbocycles. The highest BCUT2D eigenvalue weighted by molar-refractivity contribution is 7.11. The van der Waals surface area contributed by atoms with Gasteiger partial charge in [0.2, 0.25) is 5.91 Å². The molecule has 0 radical (unpaired) electrons. The smallest absolute Gasteiger partial charge is 0.240 e. The Labute approximate surface area is 128 Å². The first-order valence-electron chi connectivity index (χ1n) is 7.24. The SMILES string of the molecule is Cc1ncc(CNCC(=O)N2CCCc3ccccc32)s1. The van der Waals surface area contributed by atoms with Gasteiger partial charge < -0.3 is 10.2 Å². The average molecular weight is 301 g/mol. The van der Waals surface area contributed by atoms with E-state index in [9.17, 15) is 4.79 Å². The number of nitrogens with zero attached hydrogens (tertiary/aromatic N) is 2. The van der Waals surface area contributed by atoms with Crippen molar-refractivity contribution in [3.63, 3.8) is 0 Å². The minimum Gasteiger partial charge on any atom is -0.311 e. The molecule has 21 heavy (non-hydrogen) atoms. The highest BCUT2D eigenvalue weighted by atomic mass is 32.1. The molecule has 0 bridgehead atoms. The van der Waals surface area contributed by atoms with Gasteiger partial charge >= 0.3 is 0 Å². The molecule has 0 unspecified atom stereocenters. The monoisotopic (exact) mass is 301 g/mol. The van der Waals surface area contributed by atoms with E-state index in [-0.39, 0.29) is 5.91 Å². The second-order valence-electron chi connectivity index (χ2n) is 5.23. The molecule has 5 heteroatoms. The summed E-state index contributed by atoms with van der Waals surface area (Å²) in [5, 5.41) is 4.28. The summed E-state index contributed by atoms with van der Waals surface area (Å²) in [5.41, 5.74) is 2.35. The number of hydrogen-bond acceptors (Lipinski definition) is 4. The van der Waals surface area contributed by atoms with Crippen LogP contribution in [-0.4, -0.2) is 24.0 Å². The summed E-state index contributed by atoms with van der Waals surface area (Å²) in [6.07, 6.45) is 3.97. The van der Waals surface area contributed by atoms with Crippen molar-refractivity contribution in [1.82, 2.24) is 10.3 Å². The number of aryl methyl sites for hydroxylation is 2. The number of amides is 1. The number of nitrogens with one attached hydrogen (secondary N) is 1. The van der Waals surface area contributed by atoms with Gasteiger partial charge in [-0.25, -0.2) is 4.98 Å². The Hall–Kier alpha value is -1.72. The van der Waals surface area contributed by atoms with Crippen molar-refractivity contribution < 1.29 is 4.79 Å². The van der Waals surface area contributed by atoms with E-state index in [1.54, 1.807) is 11.3 Å². The topological polar surface area (TPSA) is 45.2 Å². The molecule has 3 rings (SSSR count). The number of aromatic nitrogens is 1. The zero-order chi connectivity index (χ0) is 14.7. The number of carbonyl (C=O) groups is 1. The maximum atomic E-state index is 12.4. The fraction of sp³-hybridized carbons (Fsp3) is 0.375. The number of rotatable bonds is 4. The number of carbonyl (C=O) groups excluding carboxylic acids is 1. The lowest BCUT2D eigenvalue weighted by Crippen LogP contribution is -2.40. The molecule has 0 saturated carbocycles. The fourth-order valence-electron chi connectivity index (χ4n) is 2.67. The third kappa shape index (κ3) is 3.31. The van der Waals surface area contributed by atoms with Crippen molar-refractivity contribution in [2.45, 2.75) is 26.3 Å². The van der Waals surface area contributed by atoms with Crippen LogP contribution in [-0.2, 0) is 17.8 Å². The number of fused-ring (bicyclic) bond motifs is 1. The summed E-state index contributed by atoms with van der Waals surface area (Å²) in [6.45, 7) is 3.87. The van der Waals surface area contributed by atoms with Crippen LogP contribution in [0.4, 0.5) is 5.69 Å². The van der Waals surface area contributed by atoms with E-state index in [1.165, 1.54) is 10.4 Å². The third-order valence-electron chi connectivity index (χ3n) is 3.66. The molecular weight excluding hydrogens is 282 g/mol. The summed E-state index contributed by atoms with van der Waals surface area (Å²) in [5.74, 6) is 0.142. The first-order chi connectivity index (χ1) is 10.2. The van der Waals surface area contributed by atoms with E-state index in [0.717, 1.165) is 30.1 Å². The highest BCUT2D eigenvalue weighted by Crippen LogP contribution is 2.26. The summed E-state index contributed by atoms with van der Waals surface area (Å²) in [7, 11) is 0. The van der Waals surface area contributed by atoms with Crippen molar-refractivity contribution in [2.75, 3.05) is 18.0 Å². The van der Waals surface area contributed by atoms with Crippen LogP contribution in [0.1, 0.15) is 21.9 Å². The molecule has 0 spiro atoms. The van der Waals surface area contributed by atoms with Crippen LogP contribution in [0, 0.1) is 6.92 Å². The Morgan fingerprint density at radius 1 is 1.43 bits per heavy atom. The number of hydrogen-bond donors (Lipinski definition) is 1. The number of para-hydroxylation sites is 1. The quantitative estimate of drug-likeness (QED) is 0.944. The molecule has 1 aliphatic heterocycles. The maximum absolute atomic E-state index is 12.4. The lowest BCUT2D eigenvalue weighted by Gasteiger charge is -2.29. The van der Waals surface area contributed by atoms with Gasteiger partial charge in [0.05, 0.1) is 11.6 Å². The van der Waals surface area contributed by atoms with Gasteiger partial charge in [0.15, 0.2) is 0 Å². The van der Waals surface area contributed by atoms with Gasteiger partial charge in [0.25, 0.3) is 0 Å². The van der Waals surface area contributed by atoms with E-state index in [0.29, 0.717) is 13.1 Å². The van der Waals surface area contributed by atoms with Crippen LogP contribution >= 0.6 is 11.3 Å². The average Bonchev–Trinajstić information content (AvgIpc) is 2.92. The summed E-state index contributed by atoms with van der Waals surface area (Å²) in [4.78, 5) is 19.7. The first kappa shape index (κ1) is 14.2. The first-order valence-corrected chi connectivity index (χ1v) is 8.06. The standard InChI is InChI=1S/C16H19N3OS/c1-12-18-10-14(21-12)9-17-11-16(20)19-8-4-6-13-5-2-3-7-15(13)19/h2-3,5,7,10,17H,4,6,8-9,11H2,1H3. The second kappa shape index (κ2) is 6.37. The molecule has 1 aromatic carbocycles. The highest BCUT2D eigenvalue weighted by Gasteiger charge is 2.21. The molecule has 1 amide bonds. The molecule has 1 aliphatic rings. The van der Waals surface area contributed by atoms with E-state index in [4.69, 9.17) is 0 Å². The van der Waals surface area contributed by atoms with E-state index < -0.39 is 0 Å². The van der Waals surface area contributed by atoms with Crippen molar-refractivity contribution >= 4 is 22.9 Å². The Morgan fingerprint density at radius 3 is 3.10 bits per heavy atom. The van der Waals surface area contributed by atoms with E-state index in [1.807, 2.05) is 36.2 Å². The van der Waals surface area contributed by atoms with Crippen LogP contribution in [0.5, 0.6) is 0 Å². The lowest BCUT2D eigenvalue weighted by molar-refractivity contribution is -0.117. The minimum atomic E-state index is 0.142. The summed E-state index contributed by atoms with van der Waals surface area (Å²) in [6, 6.07) is 8.19. The number of benzene rings is 1. The van der Waals surface area contributed by atoms with Gasteiger partial charge in [0.1, 0.15) is 0 Å². The molecule has 1 aromatic heterocycles. The van der Waals surface area contributed by atoms with E-state index >= 15 is 0 Å². The minimum absolute atomic E-state index is 0.142. The van der Waals surface area contributed by atoms with Crippen molar-refractivity contribution in [1.29, 1.82) is 0 Å². The fourth-order valence-corrected chi connectivity index (χ4v) is 3.43. The Kier molecular flexibility index (Phi) is 4.31. The van der Waals surface area contributed by atoms with Crippen molar-refractivity contribution in [3.05, 3.63) is 45.9 Å². The molecule has 110 valence electrons. The van der Waals surface area contributed by atoms with Crippen molar-refractivity contribution in [3.8, 4) is 0 Å². The molecule has 2 aromatic rings. The maximum Gasteiger partial charge on any atom is 0.240 e. The van der Waals surface area contributed by atoms with Gasteiger partial charge in [0, 0.05) is 29.9 Å². The largest absolute Gasteiger partial charge is 0.311 e. The predicted octanol–water partition coefficient (Wildman–Crippen LogP) is 2.52. The third-order valence-corrected chi connectivity index (χ3v) is 4.57. The Balaban J connectivity index is 1.59.